The summed E-state index contributed by atoms with van der Waals surface area (Å²) < 4.78 is 5.57. The molecule has 0 aromatic heterocycles. The third-order valence-electron chi connectivity index (χ3n) is 6.19. The Labute approximate surface area is 180 Å². The second-order valence-electron chi connectivity index (χ2n) is 8.36. The van der Waals surface area contributed by atoms with Crippen molar-refractivity contribution in [3.05, 3.63) is 59.7 Å². The highest BCUT2D eigenvalue weighted by Gasteiger charge is 2.46. The molecule has 7 nitrogen and oxygen atoms in total. The number of carbonyl (C=O) groups excluding carboxylic acids is 2. The standard InChI is InChI=1S/C24H26N2O5/c1-15(13-21(27)28)25-22(29)24(11-6-12-24)26-23(30)31-14-20-18-9-4-2-7-16(18)17-8-3-5-10-19(17)20/h2-5,7-10,15,20H,6,11-14H2,1H3,(H,25,29)(H,26,30)(H,27,28). The van der Waals surface area contributed by atoms with E-state index in [-0.39, 0.29) is 24.9 Å². The second kappa shape index (κ2) is 8.41. The fraction of sp³-hybridized carbons (Fsp3) is 0.375. The largest absolute Gasteiger partial charge is 0.481 e. The van der Waals surface area contributed by atoms with Crippen LogP contribution in [0, 0.1) is 0 Å². The van der Waals surface area contributed by atoms with E-state index in [0.717, 1.165) is 28.7 Å². The summed E-state index contributed by atoms with van der Waals surface area (Å²) in [4.78, 5) is 36.1. The minimum absolute atomic E-state index is 0.0556. The molecule has 31 heavy (non-hydrogen) atoms. The van der Waals surface area contributed by atoms with Crippen molar-refractivity contribution in [3.8, 4) is 11.1 Å². The van der Waals surface area contributed by atoms with Crippen molar-refractivity contribution in [1.82, 2.24) is 10.6 Å². The molecule has 0 radical (unpaired) electrons. The molecule has 7 heteroatoms. The van der Waals surface area contributed by atoms with Gasteiger partial charge in [0.1, 0.15) is 12.1 Å². The fourth-order valence-corrected chi connectivity index (χ4v) is 4.44. The molecule has 0 spiro atoms. The highest BCUT2D eigenvalue weighted by Crippen LogP contribution is 2.44. The van der Waals surface area contributed by atoms with Gasteiger partial charge in [-0.15, -0.1) is 0 Å². The Morgan fingerprint density at radius 2 is 1.65 bits per heavy atom. The molecule has 0 bridgehead atoms. The van der Waals surface area contributed by atoms with Crippen LogP contribution in [0.25, 0.3) is 11.1 Å². The number of hydrogen-bond donors (Lipinski definition) is 3. The lowest BCUT2D eigenvalue weighted by Gasteiger charge is -2.40. The normalized spacial score (nSPS) is 16.9. The summed E-state index contributed by atoms with van der Waals surface area (Å²) in [7, 11) is 0. The van der Waals surface area contributed by atoms with E-state index in [1.54, 1.807) is 6.92 Å². The highest BCUT2D eigenvalue weighted by atomic mass is 16.5. The predicted octanol–water partition coefficient (Wildman–Crippen LogP) is 3.43. The first-order valence-electron chi connectivity index (χ1n) is 10.6. The van der Waals surface area contributed by atoms with Crippen LogP contribution in [0.5, 0.6) is 0 Å². The van der Waals surface area contributed by atoms with Crippen molar-refractivity contribution >= 4 is 18.0 Å². The summed E-state index contributed by atoms with van der Waals surface area (Å²) in [6.07, 6.45) is 1.01. The van der Waals surface area contributed by atoms with E-state index < -0.39 is 23.6 Å². The lowest BCUT2D eigenvalue weighted by atomic mass is 9.76. The zero-order valence-corrected chi connectivity index (χ0v) is 17.4. The summed E-state index contributed by atoms with van der Waals surface area (Å²) in [6, 6.07) is 15.7. The van der Waals surface area contributed by atoms with Crippen LogP contribution in [0.15, 0.2) is 48.5 Å². The number of ether oxygens (including phenoxy) is 1. The third kappa shape index (κ3) is 4.13. The second-order valence-corrected chi connectivity index (χ2v) is 8.36. The number of alkyl carbamates (subject to hydrolysis) is 1. The van der Waals surface area contributed by atoms with E-state index in [4.69, 9.17) is 9.84 Å². The van der Waals surface area contributed by atoms with Gasteiger partial charge in [0.05, 0.1) is 6.42 Å². The van der Waals surface area contributed by atoms with Crippen molar-refractivity contribution in [3.63, 3.8) is 0 Å². The smallest absolute Gasteiger partial charge is 0.408 e. The Bertz CT molecular complexity index is 969. The van der Waals surface area contributed by atoms with Gasteiger partial charge in [0.15, 0.2) is 0 Å². The van der Waals surface area contributed by atoms with Crippen molar-refractivity contribution in [2.45, 2.75) is 50.1 Å². The Morgan fingerprint density at radius 1 is 1.06 bits per heavy atom. The molecule has 2 aromatic carbocycles. The van der Waals surface area contributed by atoms with Crippen LogP contribution in [0.4, 0.5) is 4.79 Å². The van der Waals surface area contributed by atoms with Crippen LogP contribution in [0.3, 0.4) is 0 Å². The van der Waals surface area contributed by atoms with Gasteiger partial charge in [-0.3, -0.25) is 9.59 Å². The molecule has 162 valence electrons. The van der Waals surface area contributed by atoms with Gasteiger partial charge in [-0.2, -0.15) is 0 Å². The summed E-state index contributed by atoms with van der Waals surface area (Å²) in [5.74, 6) is -1.40. The molecule has 1 saturated carbocycles. The number of carbonyl (C=O) groups is 3. The number of hydrogen-bond acceptors (Lipinski definition) is 4. The maximum atomic E-state index is 12.7. The van der Waals surface area contributed by atoms with Crippen LogP contribution in [-0.4, -0.2) is 41.3 Å². The quantitative estimate of drug-likeness (QED) is 0.634. The number of carboxylic acids is 1. The Kier molecular flexibility index (Phi) is 5.67. The third-order valence-corrected chi connectivity index (χ3v) is 6.19. The van der Waals surface area contributed by atoms with Gasteiger partial charge in [0, 0.05) is 12.0 Å². The molecule has 2 aliphatic carbocycles. The van der Waals surface area contributed by atoms with Crippen molar-refractivity contribution in [1.29, 1.82) is 0 Å². The summed E-state index contributed by atoms with van der Waals surface area (Å²) in [5, 5.41) is 14.3. The van der Waals surface area contributed by atoms with Gasteiger partial charge in [0.2, 0.25) is 5.91 Å². The van der Waals surface area contributed by atoms with E-state index in [9.17, 15) is 14.4 Å². The Balaban J connectivity index is 1.40. The maximum Gasteiger partial charge on any atom is 0.408 e. The summed E-state index contributed by atoms with van der Waals surface area (Å²) in [5.41, 5.74) is 3.50. The van der Waals surface area contributed by atoms with E-state index in [1.165, 1.54) is 0 Å². The zero-order chi connectivity index (χ0) is 22.0. The SMILES string of the molecule is CC(CC(=O)O)NC(=O)C1(NC(=O)OCC2c3ccccc3-c3ccccc32)CCC1. The molecule has 4 rings (SSSR count). The Morgan fingerprint density at radius 3 is 2.16 bits per heavy atom. The fourth-order valence-electron chi connectivity index (χ4n) is 4.44. The van der Waals surface area contributed by atoms with Gasteiger partial charge in [0.25, 0.3) is 0 Å². The Hall–Kier alpha value is -3.35. The van der Waals surface area contributed by atoms with Crippen LogP contribution in [0.2, 0.25) is 0 Å². The molecular formula is C24H26N2O5. The lowest BCUT2D eigenvalue weighted by molar-refractivity contribution is -0.138. The first-order valence-corrected chi connectivity index (χ1v) is 10.6. The number of carboxylic acid groups (broad SMARTS) is 1. The first-order chi connectivity index (χ1) is 14.9. The van der Waals surface area contributed by atoms with Crippen molar-refractivity contribution < 1.29 is 24.2 Å². The number of amides is 2. The van der Waals surface area contributed by atoms with Crippen molar-refractivity contribution in [2.24, 2.45) is 0 Å². The van der Waals surface area contributed by atoms with Crippen LogP contribution < -0.4 is 10.6 Å². The molecule has 2 aliphatic rings. The minimum Gasteiger partial charge on any atom is -0.481 e. The number of fused-ring (bicyclic) bond motifs is 3. The summed E-state index contributed by atoms with van der Waals surface area (Å²) >= 11 is 0. The number of rotatable bonds is 7. The average Bonchev–Trinajstić information content (AvgIpc) is 3.02. The van der Waals surface area contributed by atoms with E-state index in [2.05, 4.69) is 22.8 Å². The van der Waals surface area contributed by atoms with Gasteiger partial charge >= 0.3 is 12.1 Å². The topological polar surface area (TPSA) is 105 Å². The zero-order valence-electron chi connectivity index (χ0n) is 17.4. The molecule has 2 amide bonds. The summed E-state index contributed by atoms with van der Waals surface area (Å²) in [6.45, 7) is 1.80. The van der Waals surface area contributed by atoms with Gasteiger partial charge in [-0.05, 0) is 48.4 Å². The monoisotopic (exact) mass is 422 g/mol. The molecule has 0 heterocycles. The van der Waals surface area contributed by atoms with Gasteiger partial charge < -0.3 is 20.5 Å². The average molecular weight is 422 g/mol. The molecule has 1 atom stereocenters. The molecule has 1 unspecified atom stereocenters. The number of benzene rings is 2. The molecule has 0 saturated heterocycles. The lowest BCUT2D eigenvalue weighted by Crippen LogP contribution is -2.64. The van der Waals surface area contributed by atoms with Gasteiger partial charge in [-0.25, -0.2) is 4.79 Å². The highest BCUT2D eigenvalue weighted by molar-refractivity contribution is 5.91. The maximum absolute atomic E-state index is 12.7. The van der Waals surface area contributed by atoms with Crippen LogP contribution in [0.1, 0.15) is 49.7 Å². The predicted molar refractivity (Wildman–Crippen MR) is 115 cm³/mol. The molecule has 1 fully saturated rings. The number of nitrogens with one attached hydrogen (secondary N) is 2. The van der Waals surface area contributed by atoms with E-state index in [1.807, 2.05) is 36.4 Å². The number of aliphatic carboxylic acids is 1. The molecule has 2 aromatic rings. The molecule has 0 aliphatic heterocycles. The van der Waals surface area contributed by atoms with Gasteiger partial charge in [-0.1, -0.05) is 48.5 Å². The van der Waals surface area contributed by atoms with Crippen LogP contribution >= 0.6 is 0 Å². The molecule has 3 N–H and O–H groups in total. The van der Waals surface area contributed by atoms with Crippen molar-refractivity contribution in [2.75, 3.05) is 6.61 Å². The minimum atomic E-state index is -1.03. The molecular weight excluding hydrogens is 396 g/mol. The van der Waals surface area contributed by atoms with E-state index >= 15 is 0 Å². The van der Waals surface area contributed by atoms with Crippen LogP contribution in [-0.2, 0) is 14.3 Å². The van der Waals surface area contributed by atoms with E-state index in [0.29, 0.717) is 12.8 Å². The first kappa shape index (κ1) is 20.9.